The Balaban J connectivity index is 1.89. The van der Waals surface area contributed by atoms with E-state index in [1.54, 1.807) is 0 Å². The lowest BCUT2D eigenvalue weighted by atomic mass is 9.69. The highest BCUT2D eigenvalue weighted by Gasteiger charge is 2.36. The predicted molar refractivity (Wildman–Crippen MR) is 92.7 cm³/mol. The molecule has 1 saturated carbocycles. The maximum Gasteiger partial charge on any atom is 0.00502 e. The van der Waals surface area contributed by atoms with E-state index in [1.807, 2.05) is 0 Å². The van der Waals surface area contributed by atoms with Gasteiger partial charge in [0.25, 0.3) is 0 Å². The van der Waals surface area contributed by atoms with E-state index in [9.17, 15) is 0 Å². The summed E-state index contributed by atoms with van der Waals surface area (Å²) in [7, 11) is 0. The number of piperidine rings is 1. The molecule has 124 valence electrons. The van der Waals surface area contributed by atoms with E-state index in [0.29, 0.717) is 5.41 Å². The van der Waals surface area contributed by atoms with Crippen LogP contribution >= 0.6 is 0 Å². The van der Waals surface area contributed by atoms with Crippen LogP contribution in [0.4, 0.5) is 0 Å². The van der Waals surface area contributed by atoms with E-state index in [4.69, 9.17) is 0 Å². The van der Waals surface area contributed by atoms with E-state index in [1.165, 1.54) is 84.1 Å². The highest BCUT2D eigenvalue weighted by Crippen LogP contribution is 2.40. The molecule has 1 saturated heterocycles. The fourth-order valence-corrected chi connectivity index (χ4v) is 4.69. The largest absolute Gasteiger partial charge is 0.316 e. The summed E-state index contributed by atoms with van der Waals surface area (Å²) in [6, 6.07) is 0. The fourth-order valence-electron chi connectivity index (χ4n) is 4.69. The van der Waals surface area contributed by atoms with Crippen LogP contribution in [0.1, 0.15) is 72.1 Å². The van der Waals surface area contributed by atoms with Crippen LogP contribution < -0.4 is 5.32 Å². The summed E-state index contributed by atoms with van der Waals surface area (Å²) in [4.78, 5) is 2.79. The van der Waals surface area contributed by atoms with Gasteiger partial charge in [0.2, 0.25) is 0 Å². The van der Waals surface area contributed by atoms with Crippen LogP contribution in [-0.4, -0.2) is 37.6 Å². The monoisotopic (exact) mass is 294 g/mol. The minimum atomic E-state index is 0.561. The number of nitrogens with zero attached hydrogens (tertiary/aromatic N) is 1. The van der Waals surface area contributed by atoms with Gasteiger partial charge in [0, 0.05) is 13.1 Å². The van der Waals surface area contributed by atoms with Crippen LogP contribution in [0.2, 0.25) is 0 Å². The third kappa shape index (κ3) is 5.25. The Bertz CT molecular complexity index is 283. The van der Waals surface area contributed by atoms with Crippen molar-refractivity contribution >= 4 is 0 Å². The normalized spacial score (nSPS) is 32.4. The van der Waals surface area contributed by atoms with Crippen molar-refractivity contribution in [3.8, 4) is 0 Å². The molecule has 1 heterocycles. The first-order valence-electron chi connectivity index (χ1n) is 9.60. The Labute approximate surface area is 133 Å². The first-order chi connectivity index (χ1) is 10.2. The molecule has 1 N–H and O–H groups in total. The molecule has 0 spiro atoms. The van der Waals surface area contributed by atoms with Crippen molar-refractivity contribution in [2.24, 2.45) is 17.3 Å². The van der Waals surface area contributed by atoms with E-state index < -0.39 is 0 Å². The highest BCUT2D eigenvalue weighted by atomic mass is 15.1. The van der Waals surface area contributed by atoms with Gasteiger partial charge >= 0.3 is 0 Å². The van der Waals surface area contributed by atoms with Gasteiger partial charge in [0.05, 0.1) is 0 Å². The molecule has 21 heavy (non-hydrogen) atoms. The summed E-state index contributed by atoms with van der Waals surface area (Å²) in [5.74, 6) is 1.93. The molecule has 2 fully saturated rings. The fraction of sp³-hybridized carbons (Fsp3) is 1.00. The smallest absolute Gasteiger partial charge is 0.00502 e. The van der Waals surface area contributed by atoms with Gasteiger partial charge in [-0.3, -0.25) is 0 Å². The van der Waals surface area contributed by atoms with Crippen molar-refractivity contribution in [3.05, 3.63) is 0 Å². The molecule has 0 aromatic heterocycles. The topological polar surface area (TPSA) is 15.3 Å². The molecule has 2 aliphatic rings. The molecule has 2 atom stereocenters. The average molecular weight is 295 g/mol. The molecule has 1 aliphatic carbocycles. The Hall–Kier alpha value is -0.0800. The molecule has 0 aromatic carbocycles. The van der Waals surface area contributed by atoms with Gasteiger partial charge in [-0.05, 0) is 69.0 Å². The Morgan fingerprint density at radius 1 is 1.14 bits per heavy atom. The average Bonchev–Trinajstić information content (AvgIpc) is 2.48. The third-order valence-electron chi connectivity index (χ3n) is 5.96. The summed E-state index contributed by atoms with van der Waals surface area (Å²) in [6.45, 7) is 13.6. The molecule has 0 bridgehead atoms. The van der Waals surface area contributed by atoms with Crippen molar-refractivity contribution in [1.29, 1.82) is 0 Å². The van der Waals surface area contributed by atoms with Gasteiger partial charge in [0.15, 0.2) is 0 Å². The second-order valence-corrected chi connectivity index (χ2v) is 8.01. The summed E-state index contributed by atoms with van der Waals surface area (Å²) >= 11 is 0. The number of likely N-dealkylation sites (tertiary alicyclic amines) is 1. The zero-order valence-corrected chi connectivity index (χ0v) is 14.8. The molecule has 2 heteroatoms. The predicted octanol–water partition coefficient (Wildman–Crippen LogP) is 4.30. The Kier molecular flexibility index (Phi) is 7.01. The van der Waals surface area contributed by atoms with Gasteiger partial charge in [-0.15, -0.1) is 0 Å². The van der Waals surface area contributed by atoms with E-state index >= 15 is 0 Å². The van der Waals surface area contributed by atoms with E-state index in [-0.39, 0.29) is 0 Å². The molecule has 0 amide bonds. The van der Waals surface area contributed by atoms with Crippen LogP contribution in [-0.2, 0) is 0 Å². The maximum atomic E-state index is 3.75. The van der Waals surface area contributed by atoms with Crippen LogP contribution in [0.15, 0.2) is 0 Å². The molecular formula is C19H38N2. The molecule has 2 unspecified atom stereocenters. The Morgan fingerprint density at radius 3 is 2.52 bits per heavy atom. The van der Waals surface area contributed by atoms with Crippen LogP contribution in [0.3, 0.4) is 0 Å². The van der Waals surface area contributed by atoms with Gasteiger partial charge in [-0.2, -0.15) is 0 Å². The zero-order chi connectivity index (χ0) is 15.1. The van der Waals surface area contributed by atoms with Gasteiger partial charge < -0.3 is 10.2 Å². The molecule has 2 rings (SSSR count). The SMILES string of the molecule is CCCNCC1(CN2CCC(CC)CC2)CCCC(C)C1. The minimum Gasteiger partial charge on any atom is -0.316 e. The van der Waals surface area contributed by atoms with Gasteiger partial charge in [-0.25, -0.2) is 0 Å². The number of hydrogen-bond acceptors (Lipinski definition) is 2. The van der Waals surface area contributed by atoms with Crippen molar-refractivity contribution in [2.75, 3.05) is 32.7 Å². The van der Waals surface area contributed by atoms with Crippen molar-refractivity contribution in [1.82, 2.24) is 10.2 Å². The summed E-state index contributed by atoms with van der Waals surface area (Å²) in [6.07, 6.45) is 11.3. The molecular weight excluding hydrogens is 256 g/mol. The minimum absolute atomic E-state index is 0.561. The first kappa shape index (κ1) is 17.3. The van der Waals surface area contributed by atoms with Gasteiger partial charge in [-0.1, -0.05) is 40.0 Å². The summed E-state index contributed by atoms with van der Waals surface area (Å²) in [5, 5.41) is 3.75. The molecule has 0 aromatic rings. The lowest BCUT2D eigenvalue weighted by molar-refractivity contribution is 0.0608. The number of hydrogen-bond donors (Lipinski definition) is 1. The second-order valence-electron chi connectivity index (χ2n) is 8.01. The second kappa shape index (κ2) is 8.53. The lowest BCUT2D eigenvalue weighted by Gasteiger charge is -2.45. The van der Waals surface area contributed by atoms with Crippen molar-refractivity contribution in [2.45, 2.75) is 72.1 Å². The summed E-state index contributed by atoms with van der Waals surface area (Å²) in [5.41, 5.74) is 0.561. The Morgan fingerprint density at radius 2 is 1.90 bits per heavy atom. The molecule has 1 aliphatic heterocycles. The van der Waals surface area contributed by atoms with Crippen molar-refractivity contribution < 1.29 is 0 Å². The molecule has 0 radical (unpaired) electrons. The number of nitrogens with one attached hydrogen (secondary N) is 1. The lowest BCUT2D eigenvalue weighted by Crippen LogP contribution is -2.48. The third-order valence-corrected chi connectivity index (χ3v) is 5.96. The van der Waals surface area contributed by atoms with Crippen LogP contribution in [0, 0.1) is 17.3 Å². The van der Waals surface area contributed by atoms with E-state index in [2.05, 4.69) is 31.0 Å². The highest BCUT2D eigenvalue weighted by molar-refractivity contribution is 4.90. The number of rotatable bonds is 7. The van der Waals surface area contributed by atoms with E-state index in [0.717, 1.165) is 11.8 Å². The summed E-state index contributed by atoms with van der Waals surface area (Å²) < 4.78 is 0. The molecule has 2 nitrogen and oxygen atoms in total. The first-order valence-corrected chi connectivity index (χ1v) is 9.60. The maximum absolute atomic E-state index is 3.75. The zero-order valence-electron chi connectivity index (χ0n) is 14.8. The van der Waals surface area contributed by atoms with Crippen molar-refractivity contribution in [3.63, 3.8) is 0 Å². The van der Waals surface area contributed by atoms with Gasteiger partial charge in [0.1, 0.15) is 0 Å². The van der Waals surface area contributed by atoms with Crippen LogP contribution in [0.25, 0.3) is 0 Å². The van der Waals surface area contributed by atoms with Crippen LogP contribution in [0.5, 0.6) is 0 Å². The standard InChI is InChI=1S/C19H38N2/c1-4-11-20-15-19(10-6-7-17(3)14-19)16-21-12-8-18(5-2)9-13-21/h17-18,20H,4-16H2,1-3H3. The quantitative estimate of drug-likeness (QED) is 0.704.